The number of imidazole rings is 1. The number of halogens is 1. The summed E-state index contributed by atoms with van der Waals surface area (Å²) in [4.78, 5) is 8.23. The fraction of sp³-hybridized carbons (Fsp3) is 0.571. The molecular formula is C14H21ClN4O3S. The van der Waals surface area contributed by atoms with E-state index in [1.807, 2.05) is 13.8 Å². The Morgan fingerprint density at radius 1 is 1.39 bits per heavy atom. The summed E-state index contributed by atoms with van der Waals surface area (Å²) >= 11 is 6.26. The molecule has 2 rings (SSSR count). The summed E-state index contributed by atoms with van der Waals surface area (Å²) in [7, 11) is -1.88. The number of pyridine rings is 1. The average Bonchev–Trinajstić information content (AvgIpc) is 2.79. The summed E-state index contributed by atoms with van der Waals surface area (Å²) in [5.74, 6) is 0. The van der Waals surface area contributed by atoms with Crippen LogP contribution in [0.3, 0.4) is 0 Å². The highest BCUT2D eigenvalue weighted by atomic mass is 35.5. The van der Waals surface area contributed by atoms with Crippen LogP contribution in [0.1, 0.15) is 38.3 Å². The van der Waals surface area contributed by atoms with Gasteiger partial charge in [0.25, 0.3) is 6.01 Å². The van der Waals surface area contributed by atoms with Gasteiger partial charge in [0, 0.05) is 31.4 Å². The highest BCUT2D eigenvalue weighted by Crippen LogP contribution is 2.33. The fourth-order valence-electron chi connectivity index (χ4n) is 2.58. The lowest BCUT2D eigenvalue weighted by molar-refractivity contribution is 0.361. The lowest BCUT2D eigenvalue weighted by Crippen LogP contribution is -2.25. The van der Waals surface area contributed by atoms with E-state index in [1.54, 1.807) is 4.57 Å². The number of hydrogen-bond donors (Lipinski definition) is 1. The minimum absolute atomic E-state index is 0.0301. The molecule has 2 aromatic heterocycles. The van der Waals surface area contributed by atoms with Crippen LogP contribution in [0.4, 0.5) is 0 Å². The molecule has 0 spiro atoms. The molecular weight excluding hydrogens is 340 g/mol. The summed E-state index contributed by atoms with van der Waals surface area (Å²) in [6.45, 7) is 4.11. The first-order valence-electron chi connectivity index (χ1n) is 7.36. The molecule has 0 radical (unpaired) electrons. The van der Waals surface area contributed by atoms with Crippen LogP contribution in [0.5, 0.6) is 6.01 Å². The van der Waals surface area contributed by atoms with Crippen molar-refractivity contribution in [3.8, 4) is 6.01 Å². The van der Waals surface area contributed by atoms with Gasteiger partial charge < -0.3 is 5.11 Å². The van der Waals surface area contributed by atoms with Crippen LogP contribution >= 0.6 is 11.6 Å². The molecule has 2 aromatic rings. The summed E-state index contributed by atoms with van der Waals surface area (Å²) in [6.07, 6.45) is 4.15. The number of rotatable bonds is 6. The quantitative estimate of drug-likeness (QED) is 0.855. The van der Waals surface area contributed by atoms with E-state index in [4.69, 9.17) is 11.6 Å². The zero-order valence-electron chi connectivity index (χ0n) is 13.6. The van der Waals surface area contributed by atoms with Gasteiger partial charge in [-0.25, -0.2) is 17.7 Å². The van der Waals surface area contributed by atoms with Gasteiger partial charge >= 0.3 is 0 Å². The van der Waals surface area contributed by atoms with E-state index in [0.29, 0.717) is 21.7 Å². The summed E-state index contributed by atoms with van der Waals surface area (Å²) in [5.41, 5.74) is 1.53. The van der Waals surface area contributed by atoms with Gasteiger partial charge in [-0.3, -0.25) is 4.57 Å². The lowest BCUT2D eigenvalue weighted by atomic mass is 10.1. The van der Waals surface area contributed by atoms with Crippen molar-refractivity contribution in [2.24, 2.45) is 0 Å². The highest BCUT2D eigenvalue weighted by Gasteiger charge is 2.23. The Morgan fingerprint density at radius 2 is 2.00 bits per heavy atom. The van der Waals surface area contributed by atoms with Crippen molar-refractivity contribution in [3.63, 3.8) is 0 Å². The zero-order chi connectivity index (χ0) is 17.4. The molecule has 9 heteroatoms. The van der Waals surface area contributed by atoms with Crippen molar-refractivity contribution >= 4 is 32.8 Å². The normalized spacial score (nSPS) is 12.7. The Balaban J connectivity index is 2.70. The lowest BCUT2D eigenvalue weighted by Gasteiger charge is -2.20. The van der Waals surface area contributed by atoms with Gasteiger partial charge in [0.15, 0.2) is 5.65 Å². The van der Waals surface area contributed by atoms with Crippen molar-refractivity contribution < 1.29 is 13.5 Å². The number of nitrogens with zero attached hydrogens (tertiary/aromatic N) is 4. The van der Waals surface area contributed by atoms with Crippen LogP contribution in [0.2, 0.25) is 5.02 Å². The van der Waals surface area contributed by atoms with Gasteiger partial charge in [0.1, 0.15) is 0 Å². The Hall–Kier alpha value is -1.38. The van der Waals surface area contributed by atoms with Crippen molar-refractivity contribution in [1.29, 1.82) is 0 Å². The summed E-state index contributed by atoms with van der Waals surface area (Å²) < 4.78 is 26.3. The van der Waals surface area contributed by atoms with Gasteiger partial charge in [-0.15, -0.1) is 0 Å². The average molecular weight is 361 g/mol. The van der Waals surface area contributed by atoms with Gasteiger partial charge in [-0.05, 0) is 12.8 Å². The van der Waals surface area contributed by atoms with E-state index < -0.39 is 10.0 Å². The molecule has 0 aromatic carbocycles. The number of aromatic hydroxyl groups is 1. The number of aromatic nitrogens is 3. The Bertz CT molecular complexity index is 815. The molecule has 0 amide bonds. The van der Waals surface area contributed by atoms with Crippen LogP contribution in [0.25, 0.3) is 11.2 Å². The first-order valence-corrected chi connectivity index (χ1v) is 9.58. The fourth-order valence-corrected chi connectivity index (χ4v) is 3.14. The molecule has 0 unspecified atom stereocenters. The molecule has 0 saturated carbocycles. The summed E-state index contributed by atoms with van der Waals surface area (Å²) in [6, 6.07) is -0.103. The van der Waals surface area contributed by atoms with Crippen LogP contribution in [-0.4, -0.2) is 45.7 Å². The van der Waals surface area contributed by atoms with E-state index in [1.165, 1.54) is 17.5 Å². The molecule has 128 valence electrons. The minimum Gasteiger partial charge on any atom is -0.480 e. The highest BCUT2D eigenvalue weighted by molar-refractivity contribution is 7.88. The van der Waals surface area contributed by atoms with Crippen molar-refractivity contribution in [1.82, 2.24) is 18.8 Å². The molecule has 0 aliphatic rings. The van der Waals surface area contributed by atoms with Crippen molar-refractivity contribution in [3.05, 3.63) is 16.8 Å². The monoisotopic (exact) mass is 360 g/mol. The molecule has 0 bridgehead atoms. The molecule has 2 heterocycles. The van der Waals surface area contributed by atoms with E-state index in [9.17, 15) is 13.5 Å². The van der Waals surface area contributed by atoms with Crippen LogP contribution in [0.15, 0.2) is 6.20 Å². The molecule has 0 aliphatic carbocycles. The molecule has 0 saturated heterocycles. The third-order valence-corrected chi connectivity index (χ3v) is 5.59. The molecule has 0 aliphatic heterocycles. The molecule has 7 nitrogen and oxygen atoms in total. The van der Waals surface area contributed by atoms with Gasteiger partial charge in [-0.1, -0.05) is 25.4 Å². The predicted molar refractivity (Wildman–Crippen MR) is 90.1 cm³/mol. The molecule has 0 atom stereocenters. The van der Waals surface area contributed by atoms with E-state index in [-0.39, 0.29) is 18.6 Å². The van der Waals surface area contributed by atoms with Gasteiger partial charge in [-0.2, -0.15) is 4.98 Å². The van der Waals surface area contributed by atoms with Gasteiger partial charge in [0.2, 0.25) is 10.0 Å². The standard InChI is InChI=1S/C14H21ClN4O3S/c1-5-9(6-2)19-12-10(8-18(3)23(4,21)22)11(15)7-16-13(12)17-14(19)20/h7,9H,5-6,8H2,1-4H3,(H,16,17,20). The first-order chi connectivity index (χ1) is 10.7. The third kappa shape index (κ3) is 3.44. The number of sulfonamides is 1. The predicted octanol–water partition coefficient (Wildman–Crippen LogP) is 2.54. The second-order valence-corrected chi connectivity index (χ2v) is 8.02. The minimum atomic E-state index is -3.36. The number of hydrogen-bond acceptors (Lipinski definition) is 5. The molecule has 0 fully saturated rings. The Morgan fingerprint density at radius 3 is 2.52 bits per heavy atom. The SMILES string of the molecule is CCC(CC)n1c(O)nc2ncc(Cl)c(CN(C)S(C)(=O)=O)c21. The maximum absolute atomic E-state index is 11.7. The topological polar surface area (TPSA) is 88.3 Å². The van der Waals surface area contributed by atoms with E-state index in [2.05, 4.69) is 9.97 Å². The number of fused-ring (bicyclic) bond motifs is 1. The van der Waals surface area contributed by atoms with Crippen LogP contribution in [0, 0.1) is 0 Å². The largest absolute Gasteiger partial charge is 0.480 e. The zero-order valence-corrected chi connectivity index (χ0v) is 15.2. The second-order valence-electron chi connectivity index (χ2n) is 5.53. The Kier molecular flexibility index (Phi) is 5.17. The molecule has 23 heavy (non-hydrogen) atoms. The third-order valence-electron chi connectivity index (χ3n) is 4.00. The van der Waals surface area contributed by atoms with E-state index >= 15 is 0 Å². The Labute approximate surface area is 141 Å². The first kappa shape index (κ1) is 18.0. The molecule has 1 N–H and O–H groups in total. The van der Waals surface area contributed by atoms with Crippen LogP contribution in [-0.2, 0) is 16.6 Å². The second kappa shape index (κ2) is 6.62. The smallest absolute Gasteiger partial charge is 0.296 e. The maximum atomic E-state index is 11.7. The van der Waals surface area contributed by atoms with Gasteiger partial charge in [0.05, 0.1) is 16.8 Å². The van der Waals surface area contributed by atoms with Crippen LogP contribution < -0.4 is 0 Å². The maximum Gasteiger partial charge on any atom is 0.296 e. The summed E-state index contributed by atoms with van der Waals surface area (Å²) in [5, 5.41) is 10.6. The van der Waals surface area contributed by atoms with E-state index in [0.717, 1.165) is 19.1 Å². The van der Waals surface area contributed by atoms with Crippen molar-refractivity contribution in [2.45, 2.75) is 39.3 Å². The van der Waals surface area contributed by atoms with Crippen molar-refractivity contribution in [2.75, 3.05) is 13.3 Å².